The maximum absolute atomic E-state index is 11.8. The zero-order valence-electron chi connectivity index (χ0n) is 9.40. The topological polar surface area (TPSA) is 124 Å². The van der Waals surface area contributed by atoms with Gasteiger partial charge in [0.1, 0.15) is 0 Å². The van der Waals surface area contributed by atoms with Crippen LogP contribution in [0.1, 0.15) is 20.7 Å². The van der Waals surface area contributed by atoms with E-state index < -0.39 is 33.6 Å². The van der Waals surface area contributed by atoms with Gasteiger partial charge in [-0.15, -0.1) is 0 Å². The lowest BCUT2D eigenvalue weighted by atomic mass is 10.1. The van der Waals surface area contributed by atoms with Gasteiger partial charge in [-0.3, -0.25) is 9.59 Å². The minimum Gasteiger partial charge on any atom is -0.329 e. The number of nitrogens with two attached hydrogens (primary N) is 1. The Morgan fingerprint density at radius 3 is 2.05 bits per heavy atom. The fourth-order valence-electron chi connectivity index (χ4n) is 1.54. The maximum Gasteiger partial charge on any atom is 0.349 e. The van der Waals surface area contributed by atoms with Crippen molar-refractivity contribution >= 4 is 27.8 Å². The molecule has 9 heteroatoms. The van der Waals surface area contributed by atoms with E-state index in [9.17, 15) is 22.8 Å². The van der Waals surface area contributed by atoms with Gasteiger partial charge in [-0.1, -0.05) is 17.2 Å². The van der Waals surface area contributed by atoms with Crippen molar-refractivity contribution in [3.05, 3.63) is 35.4 Å². The third-order valence-electron chi connectivity index (χ3n) is 2.27. The second-order valence-electron chi connectivity index (χ2n) is 3.72. The van der Waals surface area contributed by atoms with Crippen molar-refractivity contribution in [2.75, 3.05) is 5.75 Å². The fourth-order valence-corrected chi connectivity index (χ4v) is 1.92. The second-order valence-corrected chi connectivity index (χ2v) is 5.34. The van der Waals surface area contributed by atoms with Crippen LogP contribution in [0.5, 0.6) is 0 Å². The molecule has 100 valence electrons. The van der Waals surface area contributed by atoms with Crippen LogP contribution in [-0.2, 0) is 19.7 Å². The number of hydrogen-bond acceptors (Lipinski definition) is 6. The molecule has 2 N–H and O–H groups in total. The Morgan fingerprint density at radius 1 is 1.16 bits per heavy atom. The fraction of sp³-hybridized carbons (Fsp3) is 0.100. The summed E-state index contributed by atoms with van der Waals surface area (Å²) in [4.78, 5) is 39.2. The number of carbonyl (C=O) groups excluding carboxylic acids is 3. The normalized spacial score (nSPS) is 14.5. The van der Waals surface area contributed by atoms with E-state index in [1.165, 1.54) is 12.1 Å². The number of rotatable bonds is 3. The molecule has 0 saturated carbocycles. The first-order valence-electron chi connectivity index (χ1n) is 4.98. The van der Waals surface area contributed by atoms with Gasteiger partial charge in [-0.2, -0.15) is 0 Å². The van der Waals surface area contributed by atoms with E-state index in [-0.39, 0.29) is 16.2 Å². The monoisotopic (exact) mass is 284 g/mol. The highest BCUT2D eigenvalue weighted by molar-refractivity contribution is 7.89. The molecule has 0 unspecified atom stereocenters. The first-order chi connectivity index (χ1) is 8.79. The molecule has 0 spiro atoms. The predicted molar refractivity (Wildman–Crippen MR) is 61.0 cm³/mol. The van der Waals surface area contributed by atoms with Crippen LogP contribution in [-0.4, -0.2) is 37.0 Å². The number of amides is 2. The first kappa shape index (κ1) is 13.2. The smallest absolute Gasteiger partial charge is 0.329 e. The van der Waals surface area contributed by atoms with Gasteiger partial charge in [0.25, 0.3) is 11.8 Å². The molecule has 1 aliphatic heterocycles. The number of sulfonamides is 1. The predicted octanol–water partition coefficient (Wildman–Crippen LogP) is -0.971. The third kappa shape index (κ3) is 2.61. The molecule has 0 aliphatic carbocycles. The van der Waals surface area contributed by atoms with Crippen molar-refractivity contribution in [2.24, 2.45) is 5.14 Å². The number of hydroxylamine groups is 2. The molecular weight excluding hydrogens is 276 g/mol. The van der Waals surface area contributed by atoms with Gasteiger partial charge in [0.15, 0.2) is 5.75 Å². The van der Waals surface area contributed by atoms with Crippen LogP contribution in [0.4, 0.5) is 0 Å². The van der Waals surface area contributed by atoms with Crippen LogP contribution in [0.3, 0.4) is 0 Å². The average Bonchev–Trinajstić information content (AvgIpc) is 2.53. The molecular formula is C10H8N2O6S. The molecule has 1 aliphatic rings. The molecule has 0 radical (unpaired) electrons. The molecule has 0 atom stereocenters. The molecule has 1 aromatic carbocycles. The molecule has 2 rings (SSSR count). The Labute approximate surface area is 107 Å². The summed E-state index contributed by atoms with van der Waals surface area (Å²) < 4.78 is 21.4. The number of nitrogens with zero attached hydrogens (tertiary/aromatic N) is 1. The van der Waals surface area contributed by atoms with Gasteiger partial charge in [0.2, 0.25) is 10.0 Å². The van der Waals surface area contributed by atoms with Gasteiger partial charge < -0.3 is 4.84 Å². The van der Waals surface area contributed by atoms with E-state index in [1.54, 1.807) is 12.1 Å². The number of imide groups is 1. The largest absolute Gasteiger partial charge is 0.349 e. The molecule has 0 fully saturated rings. The maximum atomic E-state index is 11.8. The first-order valence-corrected chi connectivity index (χ1v) is 6.70. The molecule has 0 aromatic heterocycles. The summed E-state index contributed by atoms with van der Waals surface area (Å²) in [5.41, 5.74) is 0.159. The van der Waals surface area contributed by atoms with Gasteiger partial charge in [-0.05, 0) is 12.1 Å². The van der Waals surface area contributed by atoms with Crippen LogP contribution >= 0.6 is 0 Å². The molecule has 0 saturated heterocycles. The van der Waals surface area contributed by atoms with Crippen LogP contribution < -0.4 is 5.14 Å². The van der Waals surface area contributed by atoms with E-state index in [4.69, 9.17) is 0 Å². The van der Waals surface area contributed by atoms with E-state index >= 15 is 0 Å². The molecule has 19 heavy (non-hydrogen) atoms. The Bertz CT molecular complexity index is 646. The van der Waals surface area contributed by atoms with Crippen molar-refractivity contribution in [2.45, 2.75) is 0 Å². The van der Waals surface area contributed by atoms with Gasteiger partial charge >= 0.3 is 5.97 Å². The highest BCUT2D eigenvalue weighted by Gasteiger charge is 2.38. The molecule has 1 heterocycles. The molecule has 8 nitrogen and oxygen atoms in total. The quantitative estimate of drug-likeness (QED) is 0.712. The number of carbonyl (C=O) groups is 3. The SMILES string of the molecule is NS(=O)(=O)CC(=O)ON1C(=O)c2ccccc2C1=O. The summed E-state index contributed by atoms with van der Waals surface area (Å²) in [5, 5.41) is 4.87. The van der Waals surface area contributed by atoms with Gasteiger partial charge in [-0.25, -0.2) is 18.4 Å². The summed E-state index contributed by atoms with van der Waals surface area (Å²) in [5.74, 6) is -4.09. The number of benzene rings is 1. The van der Waals surface area contributed by atoms with Gasteiger partial charge in [0, 0.05) is 0 Å². The lowest BCUT2D eigenvalue weighted by Gasteiger charge is -2.11. The average molecular weight is 284 g/mol. The molecule has 1 aromatic rings. The Morgan fingerprint density at radius 2 is 1.63 bits per heavy atom. The number of hydrogen-bond donors (Lipinski definition) is 1. The van der Waals surface area contributed by atoms with Crippen molar-refractivity contribution in [3.63, 3.8) is 0 Å². The summed E-state index contributed by atoms with van der Waals surface area (Å²) in [6.07, 6.45) is 0. The second kappa shape index (κ2) is 4.44. The Balaban J connectivity index is 2.19. The standard InChI is InChI=1S/C10H8N2O6S/c11-19(16,17)5-8(13)18-12-9(14)6-3-1-2-4-7(6)10(12)15/h1-4H,5H2,(H2,11,16,17). The van der Waals surface area contributed by atoms with Crippen LogP contribution in [0.2, 0.25) is 0 Å². The zero-order chi connectivity index (χ0) is 14.2. The Kier molecular flexibility index (Phi) is 3.08. The van der Waals surface area contributed by atoms with E-state index in [2.05, 4.69) is 9.98 Å². The number of primary sulfonamides is 1. The Hall–Kier alpha value is -2.26. The van der Waals surface area contributed by atoms with E-state index in [0.717, 1.165) is 0 Å². The van der Waals surface area contributed by atoms with E-state index in [1.807, 2.05) is 0 Å². The highest BCUT2D eigenvalue weighted by atomic mass is 32.2. The number of fused-ring (bicyclic) bond motifs is 1. The van der Waals surface area contributed by atoms with Crippen LogP contribution in [0.25, 0.3) is 0 Å². The van der Waals surface area contributed by atoms with Crippen molar-refractivity contribution in [3.8, 4) is 0 Å². The zero-order valence-corrected chi connectivity index (χ0v) is 10.2. The minimum absolute atomic E-state index is 0.0795. The third-order valence-corrected chi connectivity index (χ3v) is 2.91. The molecule has 0 bridgehead atoms. The van der Waals surface area contributed by atoms with Crippen molar-refractivity contribution in [1.82, 2.24) is 5.06 Å². The van der Waals surface area contributed by atoms with Crippen molar-refractivity contribution < 1.29 is 27.6 Å². The molecule has 2 amide bonds. The summed E-state index contributed by atoms with van der Waals surface area (Å²) >= 11 is 0. The summed E-state index contributed by atoms with van der Waals surface area (Å²) in [6.45, 7) is 0. The lowest BCUT2D eigenvalue weighted by Crippen LogP contribution is -2.36. The minimum atomic E-state index is -4.09. The van der Waals surface area contributed by atoms with Crippen molar-refractivity contribution in [1.29, 1.82) is 0 Å². The van der Waals surface area contributed by atoms with E-state index in [0.29, 0.717) is 0 Å². The summed E-state index contributed by atoms with van der Waals surface area (Å²) in [6, 6.07) is 5.87. The van der Waals surface area contributed by atoms with Crippen LogP contribution in [0, 0.1) is 0 Å². The van der Waals surface area contributed by atoms with Crippen LogP contribution in [0.15, 0.2) is 24.3 Å². The van der Waals surface area contributed by atoms with Gasteiger partial charge in [0.05, 0.1) is 11.1 Å². The summed E-state index contributed by atoms with van der Waals surface area (Å²) in [7, 11) is -4.09. The lowest BCUT2D eigenvalue weighted by molar-refractivity contribution is -0.165. The highest BCUT2D eigenvalue weighted by Crippen LogP contribution is 2.22.